The van der Waals surface area contributed by atoms with Crippen LogP contribution in [0.5, 0.6) is 0 Å². The normalized spacial score (nSPS) is 12.7. The number of primary amides is 1. The average molecular weight is 334 g/mol. The minimum absolute atomic E-state index is 0.163. The molecular formula is C5H11HgN2O2+. The Morgan fingerprint density at radius 3 is 2.80 bits per heavy atom. The second-order valence-corrected chi connectivity index (χ2v) is 4.14. The fourth-order valence-electron chi connectivity index (χ4n) is 0.518. The molecule has 0 aromatic carbocycles. The molecule has 0 rings (SSSR count). The van der Waals surface area contributed by atoms with Gasteiger partial charge in [-0.2, -0.15) is 0 Å². The molecule has 0 radical (unpaired) electrons. The number of ether oxygens (including phenoxy) is 1. The van der Waals surface area contributed by atoms with Gasteiger partial charge in [-0.25, -0.2) is 0 Å². The van der Waals surface area contributed by atoms with Crippen molar-refractivity contribution in [3.05, 3.63) is 0 Å². The van der Waals surface area contributed by atoms with Crippen molar-refractivity contribution in [2.45, 2.75) is 10.0 Å². The molecular weight excluding hydrogens is 323 g/mol. The Morgan fingerprint density at radius 1 is 1.90 bits per heavy atom. The summed E-state index contributed by atoms with van der Waals surface area (Å²) in [6.45, 7) is 0.537. The van der Waals surface area contributed by atoms with Gasteiger partial charge in [0.1, 0.15) is 0 Å². The Balaban J connectivity index is 3.34. The summed E-state index contributed by atoms with van der Waals surface area (Å²) in [5.41, 5.74) is 4.86. The quantitative estimate of drug-likeness (QED) is 0.690. The first-order valence-corrected chi connectivity index (χ1v) is 6.94. The molecule has 0 fully saturated rings. The molecule has 1 atom stereocenters. The summed E-state index contributed by atoms with van der Waals surface area (Å²) in [4.78, 5) is 10.2. The van der Waals surface area contributed by atoms with Gasteiger partial charge < -0.3 is 0 Å². The molecule has 0 bridgehead atoms. The van der Waals surface area contributed by atoms with Crippen LogP contribution < -0.4 is 11.1 Å². The third-order valence-electron chi connectivity index (χ3n) is 1.16. The van der Waals surface area contributed by atoms with E-state index < -0.39 is 6.03 Å². The molecule has 5 heteroatoms. The molecule has 0 aliphatic rings. The Morgan fingerprint density at radius 2 is 2.50 bits per heavy atom. The van der Waals surface area contributed by atoms with E-state index in [1.807, 2.05) is 0 Å². The van der Waals surface area contributed by atoms with E-state index >= 15 is 0 Å². The van der Waals surface area contributed by atoms with Crippen molar-refractivity contribution >= 4 is 6.03 Å². The fourth-order valence-corrected chi connectivity index (χ4v) is 2.23. The van der Waals surface area contributed by atoms with Crippen molar-refractivity contribution in [3.63, 3.8) is 0 Å². The number of urea groups is 1. The molecule has 0 aliphatic heterocycles. The van der Waals surface area contributed by atoms with Crippen LogP contribution in [0.15, 0.2) is 0 Å². The van der Waals surface area contributed by atoms with Crippen LogP contribution in [0.25, 0.3) is 0 Å². The Hall–Kier alpha value is 0.165. The van der Waals surface area contributed by atoms with Gasteiger partial charge in [0, 0.05) is 0 Å². The molecule has 3 N–H and O–H groups in total. The van der Waals surface area contributed by atoms with E-state index in [1.165, 1.54) is 0 Å². The maximum atomic E-state index is 10.2. The van der Waals surface area contributed by atoms with Gasteiger partial charge in [-0.1, -0.05) is 0 Å². The zero-order valence-corrected chi connectivity index (χ0v) is 11.6. The van der Waals surface area contributed by atoms with E-state index in [-0.39, 0.29) is 6.10 Å². The molecule has 0 aromatic heterocycles. The van der Waals surface area contributed by atoms with Gasteiger partial charge in [-0.15, -0.1) is 0 Å². The Kier molecular flexibility index (Phi) is 6.01. The Labute approximate surface area is 76.5 Å². The van der Waals surface area contributed by atoms with E-state index in [1.54, 1.807) is 7.11 Å². The van der Waals surface area contributed by atoms with Crippen LogP contribution in [0.1, 0.15) is 0 Å². The average Bonchev–Trinajstić information content (AvgIpc) is 1.90. The van der Waals surface area contributed by atoms with Crippen LogP contribution in [-0.4, -0.2) is 25.8 Å². The number of nitrogens with one attached hydrogen (secondary N) is 1. The third kappa shape index (κ3) is 4.99. The van der Waals surface area contributed by atoms with Crippen molar-refractivity contribution in [2.75, 3.05) is 13.7 Å². The zero-order valence-electron chi connectivity index (χ0n) is 6.09. The number of methoxy groups -OCH3 is 1. The van der Waals surface area contributed by atoms with Gasteiger partial charge in [0.05, 0.1) is 0 Å². The standard InChI is InChI=1S/C5H11N2O2.Hg/c1-4(9-2)3-7-5(6)8;/h4H,1,3H2,2H3,(H3,6,7,8);/q;+1/i;1+2. The minimum atomic E-state index is -0.483. The first-order chi connectivity index (χ1) is 4.70. The van der Waals surface area contributed by atoms with E-state index in [2.05, 4.69) is 5.32 Å². The second kappa shape index (κ2) is 5.91. The summed E-state index contributed by atoms with van der Waals surface area (Å²) in [6, 6.07) is -0.483. The summed E-state index contributed by atoms with van der Waals surface area (Å²) >= 11 is 0.712. The number of hydrogen-bond donors (Lipinski definition) is 2. The van der Waals surface area contributed by atoms with Crippen LogP contribution >= 0.6 is 0 Å². The summed E-state index contributed by atoms with van der Waals surface area (Å²) in [5, 5.41) is 2.49. The SMILES string of the molecule is COC([CH2][203Hg+])CNC(N)=O. The number of hydrogen-bond acceptors (Lipinski definition) is 2. The van der Waals surface area contributed by atoms with Gasteiger partial charge in [-0.3, -0.25) is 0 Å². The van der Waals surface area contributed by atoms with E-state index in [4.69, 9.17) is 10.5 Å². The molecule has 4 nitrogen and oxygen atoms in total. The van der Waals surface area contributed by atoms with Crippen LogP contribution in [-0.2, 0) is 30.9 Å². The topological polar surface area (TPSA) is 64.3 Å². The van der Waals surface area contributed by atoms with Crippen LogP contribution in [0.4, 0.5) is 4.79 Å². The van der Waals surface area contributed by atoms with Gasteiger partial charge in [0.25, 0.3) is 0 Å². The van der Waals surface area contributed by atoms with E-state index in [9.17, 15) is 4.79 Å². The Bertz CT molecular complexity index is 106. The summed E-state index contributed by atoms with van der Waals surface area (Å²) in [7, 11) is 1.64. The summed E-state index contributed by atoms with van der Waals surface area (Å²) in [6.07, 6.45) is 0.163. The third-order valence-corrected chi connectivity index (χ3v) is 3.66. The van der Waals surface area contributed by atoms with Gasteiger partial charge in [0.15, 0.2) is 0 Å². The summed E-state index contributed by atoms with van der Waals surface area (Å²) < 4.78 is 6.09. The monoisotopic (exact) mass is 334 g/mol. The molecule has 54 valence electrons. The van der Waals surface area contributed by atoms with Crippen molar-refractivity contribution in [2.24, 2.45) is 5.73 Å². The van der Waals surface area contributed by atoms with Gasteiger partial charge in [-0.05, 0) is 0 Å². The number of rotatable bonds is 4. The maximum absolute atomic E-state index is 10.2. The zero-order chi connectivity index (χ0) is 7.98. The van der Waals surface area contributed by atoms with E-state index in [0.717, 1.165) is 3.93 Å². The molecule has 2 amide bonds. The van der Waals surface area contributed by atoms with Crippen molar-refractivity contribution < 1.29 is 35.7 Å². The van der Waals surface area contributed by atoms with Crippen molar-refractivity contribution in [3.8, 4) is 0 Å². The molecule has 0 aliphatic carbocycles. The molecule has 0 spiro atoms. The van der Waals surface area contributed by atoms with Crippen LogP contribution in [0, 0.1) is 0 Å². The number of carbonyl (C=O) groups is 1. The van der Waals surface area contributed by atoms with Crippen LogP contribution in [0.3, 0.4) is 0 Å². The predicted molar refractivity (Wildman–Crippen MR) is 33.2 cm³/mol. The summed E-state index contributed by atoms with van der Waals surface area (Å²) in [5.74, 6) is 0. The number of nitrogens with two attached hydrogens (primary N) is 1. The van der Waals surface area contributed by atoms with E-state index in [0.29, 0.717) is 32.7 Å². The molecule has 10 heavy (non-hydrogen) atoms. The first-order valence-electron chi connectivity index (χ1n) is 3.06. The molecule has 0 saturated heterocycles. The molecule has 0 heterocycles. The second-order valence-electron chi connectivity index (χ2n) is 1.89. The van der Waals surface area contributed by atoms with Crippen molar-refractivity contribution in [1.29, 1.82) is 0 Å². The van der Waals surface area contributed by atoms with Gasteiger partial charge in [0.2, 0.25) is 0 Å². The molecule has 0 aromatic rings. The molecule has 0 saturated carbocycles. The number of amides is 2. The number of carbonyl (C=O) groups excluding carboxylic acids is 1. The van der Waals surface area contributed by atoms with Crippen LogP contribution in [0.2, 0.25) is 3.93 Å². The molecule has 1 unspecified atom stereocenters. The van der Waals surface area contributed by atoms with Crippen molar-refractivity contribution in [1.82, 2.24) is 5.32 Å². The predicted octanol–water partition coefficient (Wildman–Crippen LogP) is -0.365. The first kappa shape index (κ1) is 10.2. The fraction of sp³-hybridized carbons (Fsp3) is 0.800. The van der Waals surface area contributed by atoms with Gasteiger partial charge >= 0.3 is 76.4 Å².